The molecule has 0 aromatic carbocycles. The molecule has 0 atom stereocenters. The molecule has 0 radical (unpaired) electrons. The van der Waals surface area contributed by atoms with Crippen molar-refractivity contribution in [2.45, 2.75) is 18.9 Å². The van der Waals surface area contributed by atoms with Crippen LogP contribution in [-0.4, -0.2) is 36.0 Å². The summed E-state index contributed by atoms with van der Waals surface area (Å²) in [7, 11) is 3.24. The number of halogens is 1. The van der Waals surface area contributed by atoms with E-state index < -0.39 is 5.82 Å². The lowest BCUT2D eigenvalue weighted by Gasteiger charge is -2.11. The summed E-state index contributed by atoms with van der Waals surface area (Å²) in [4.78, 5) is 16.7. The molecule has 0 bridgehead atoms. The van der Waals surface area contributed by atoms with Crippen LogP contribution in [0.15, 0.2) is 12.3 Å². The molecule has 1 saturated carbocycles. The molecule has 1 aromatic rings. The monoisotopic (exact) mass is 224 g/mol. The van der Waals surface area contributed by atoms with Crippen molar-refractivity contribution in [3.63, 3.8) is 0 Å². The first kappa shape index (κ1) is 10.9. The van der Waals surface area contributed by atoms with Crippen molar-refractivity contribution in [3.8, 4) is 5.75 Å². The van der Waals surface area contributed by atoms with E-state index in [2.05, 4.69) is 4.98 Å². The van der Waals surface area contributed by atoms with E-state index in [0.717, 1.165) is 19.0 Å². The Hall–Kier alpha value is -1.65. The van der Waals surface area contributed by atoms with Crippen LogP contribution >= 0.6 is 0 Å². The molecule has 16 heavy (non-hydrogen) atoms. The zero-order valence-electron chi connectivity index (χ0n) is 9.24. The smallest absolute Gasteiger partial charge is 0.272 e. The van der Waals surface area contributed by atoms with Gasteiger partial charge in [0, 0.05) is 20.2 Å². The normalized spacial score (nSPS) is 14.7. The Labute approximate surface area is 93.0 Å². The highest BCUT2D eigenvalue weighted by Gasteiger charge is 2.25. The van der Waals surface area contributed by atoms with E-state index in [1.54, 1.807) is 14.1 Å². The Kier molecular flexibility index (Phi) is 2.77. The number of amides is 1. The van der Waals surface area contributed by atoms with Crippen LogP contribution in [0.25, 0.3) is 0 Å². The van der Waals surface area contributed by atoms with Crippen molar-refractivity contribution >= 4 is 5.91 Å². The number of rotatable bonds is 3. The molecule has 0 saturated heterocycles. The number of carbonyl (C=O) groups is 1. The van der Waals surface area contributed by atoms with Crippen LogP contribution in [0.3, 0.4) is 0 Å². The van der Waals surface area contributed by atoms with Crippen LogP contribution in [-0.2, 0) is 0 Å². The molecule has 0 N–H and O–H groups in total. The number of ether oxygens (including phenoxy) is 1. The van der Waals surface area contributed by atoms with Crippen LogP contribution in [0.2, 0.25) is 0 Å². The van der Waals surface area contributed by atoms with Gasteiger partial charge < -0.3 is 9.64 Å². The van der Waals surface area contributed by atoms with Gasteiger partial charge in [-0.05, 0) is 12.8 Å². The Morgan fingerprint density at radius 1 is 1.56 bits per heavy atom. The predicted octanol–water partition coefficient (Wildman–Crippen LogP) is 1.46. The molecule has 1 fully saturated rings. The first-order valence-electron chi connectivity index (χ1n) is 5.12. The fourth-order valence-corrected chi connectivity index (χ4v) is 1.22. The van der Waals surface area contributed by atoms with Gasteiger partial charge in [-0.3, -0.25) is 4.79 Å². The molecular weight excluding hydrogens is 211 g/mol. The summed E-state index contributed by atoms with van der Waals surface area (Å²) in [5.41, 5.74) is 0.196. The van der Waals surface area contributed by atoms with Crippen LogP contribution < -0.4 is 4.74 Å². The summed E-state index contributed by atoms with van der Waals surface area (Å²) < 4.78 is 18.7. The van der Waals surface area contributed by atoms with E-state index >= 15 is 0 Å². The van der Waals surface area contributed by atoms with Gasteiger partial charge in [0.15, 0.2) is 11.6 Å². The lowest BCUT2D eigenvalue weighted by molar-refractivity contribution is 0.0821. The maximum Gasteiger partial charge on any atom is 0.272 e. The highest BCUT2D eigenvalue weighted by molar-refractivity contribution is 5.92. The van der Waals surface area contributed by atoms with Crippen molar-refractivity contribution < 1.29 is 13.9 Å². The van der Waals surface area contributed by atoms with E-state index in [1.807, 2.05) is 0 Å². The minimum absolute atomic E-state index is 0.0965. The molecule has 5 heteroatoms. The average molecular weight is 224 g/mol. The van der Waals surface area contributed by atoms with E-state index in [-0.39, 0.29) is 23.5 Å². The molecule has 4 nitrogen and oxygen atoms in total. The van der Waals surface area contributed by atoms with E-state index in [0.29, 0.717) is 0 Å². The van der Waals surface area contributed by atoms with Gasteiger partial charge in [-0.1, -0.05) is 0 Å². The highest BCUT2D eigenvalue weighted by atomic mass is 19.1. The Balaban J connectivity index is 2.23. The number of hydrogen-bond acceptors (Lipinski definition) is 3. The van der Waals surface area contributed by atoms with Gasteiger partial charge in [-0.25, -0.2) is 9.37 Å². The number of aromatic nitrogens is 1. The highest BCUT2D eigenvalue weighted by Crippen LogP contribution is 2.28. The number of pyridine rings is 1. The molecule has 1 heterocycles. The Bertz CT molecular complexity index is 416. The van der Waals surface area contributed by atoms with Crippen molar-refractivity contribution in [2.75, 3.05) is 14.1 Å². The Morgan fingerprint density at radius 2 is 2.25 bits per heavy atom. The summed E-state index contributed by atoms with van der Waals surface area (Å²) in [5.74, 6) is -0.675. The third-order valence-electron chi connectivity index (χ3n) is 2.26. The van der Waals surface area contributed by atoms with Gasteiger partial charge in [0.1, 0.15) is 5.69 Å². The summed E-state index contributed by atoms with van der Waals surface area (Å²) in [6, 6.07) is 1.36. The zero-order chi connectivity index (χ0) is 11.7. The second-order valence-corrected chi connectivity index (χ2v) is 4.02. The van der Waals surface area contributed by atoms with Gasteiger partial charge >= 0.3 is 0 Å². The topological polar surface area (TPSA) is 42.4 Å². The van der Waals surface area contributed by atoms with E-state index in [9.17, 15) is 9.18 Å². The summed E-state index contributed by atoms with van der Waals surface area (Å²) in [6.07, 6.45) is 3.01. The molecule has 1 aromatic heterocycles. The van der Waals surface area contributed by atoms with Crippen LogP contribution in [0.1, 0.15) is 23.3 Å². The number of nitrogens with zero attached hydrogens (tertiary/aromatic N) is 2. The molecule has 86 valence electrons. The van der Waals surface area contributed by atoms with Gasteiger partial charge in [-0.15, -0.1) is 0 Å². The van der Waals surface area contributed by atoms with Crippen LogP contribution in [0.5, 0.6) is 5.75 Å². The maximum absolute atomic E-state index is 13.3. The second kappa shape index (κ2) is 4.08. The predicted molar refractivity (Wildman–Crippen MR) is 55.9 cm³/mol. The van der Waals surface area contributed by atoms with Crippen molar-refractivity contribution in [2.24, 2.45) is 0 Å². The van der Waals surface area contributed by atoms with Crippen molar-refractivity contribution in [3.05, 3.63) is 23.8 Å². The molecule has 0 spiro atoms. The maximum atomic E-state index is 13.3. The third kappa shape index (κ3) is 2.29. The van der Waals surface area contributed by atoms with Gasteiger partial charge in [0.2, 0.25) is 0 Å². The minimum atomic E-state index is -0.526. The van der Waals surface area contributed by atoms with Crippen LogP contribution in [0, 0.1) is 5.82 Å². The standard InChI is InChI=1S/C11H13FN2O2/c1-14(2)11(15)9-5-10(8(12)6-13-9)16-7-3-4-7/h5-7H,3-4H2,1-2H3. The van der Waals surface area contributed by atoms with Gasteiger partial charge in [0.05, 0.1) is 12.3 Å². The molecule has 2 rings (SSSR count). The fraction of sp³-hybridized carbons (Fsp3) is 0.455. The summed E-state index contributed by atoms with van der Waals surface area (Å²) in [5, 5.41) is 0. The zero-order valence-corrected chi connectivity index (χ0v) is 9.24. The van der Waals surface area contributed by atoms with Gasteiger partial charge in [-0.2, -0.15) is 0 Å². The largest absolute Gasteiger partial charge is 0.487 e. The third-order valence-corrected chi connectivity index (χ3v) is 2.26. The first-order valence-corrected chi connectivity index (χ1v) is 5.12. The molecule has 1 aliphatic rings. The molecule has 1 amide bonds. The second-order valence-electron chi connectivity index (χ2n) is 4.02. The lowest BCUT2D eigenvalue weighted by atomic mass is 10.3. The fourth-order valence-electron chi connectivity index (χ4n) is 1.22. The van der Waals surface area contributed by atoms with E-state index in [1.165, 1.54) is 11.0 Å². The SMILES string of the molecule is CN(C)C(=O)c1cc(OC2CC2)c(F)cn1. The Morgan fingerprint density at radius 3 is 2.81 bits per heavy atom. The van der Waals surface area contributed by atoms with Crippen molar-refractivity contribution in [1.29, 1.82) is 0 Å². The van der Waals surface area contributed by atoms with E-state index in [4.69, 9.17) is 4.74 Å². The summed E-state index contributed by atoms with van der Waals surface area (Å²) in [6.45, 7) is 0. The van der Waals surface area contributed by atoms with Crippen molar-refractivity contribution in [1.82, 2.24) is 9.88 Å². The quantitative estimate of drug-likeness (QED) is 0.780. The van der Waals surface area contributed by atoms with Gasteiger partial charge in [0.25, 0.3) is 5.91 Å². The molecule has 0 aliphatic heterocycles. The molecule has 1 aliphatic carbocycles. The lowest BCUT2D eigenvalue weighted by Crippen LogP contribution is -2.22. The number of carbonyl (C=O) groups excluding carboxylic acids is 1. The number of hydrogen-bond donors (Lipinski definition) is 0. The average Bonchev–Trinajstić information content (AvgIpc) is 3.04. The summed E-state index contributed by atoms with van der Waals surface area (Å²) >= 11 is 0. The minimum Gasteiger partial charge on any atom is -0.487 e. The first-order chi connectivity index (χ1) is 7.58. The molecular formula is C11H13FN2O2. The molecule has 0 unspecified atom stereocenters. The van der Waals surface area contributed by atoms with Crippen LogP contribution in [0.4, 0.5) is 4.39 Å².